The molecule has 0 spiro atoms. The number of ether oxygens (including phenoxy) is 2. The molecule has 0 aliphatic rings. The molecule has 0 bridgehead atoms. The van der Waals surface area contributed by atoms with E-state index in [0.29, 0.717) is 5.69 Å². The molecule has 1 aromatic carbocycles. The fourth-order valence-electron chi connectivity index (χ4n) is 2.67. The van der Waals surface area contributed by atoms with Gasteiger partial charge in [-0.05, 0) is 35.9 Å². The molecule has 2 amide bonds. The fourth-order valence-corrected chi connectivity index (χ4v) is 3.97. The smallest absolute Gasteiger partial charge is 0.319 e. The summed E-state index contributed by atoms with van der Waals surface area (Å²) in [6, 6.07) is 8.57. The molecule has 0 atom stereocenters. The van der Waals surface area contributed by atoms with Crippen molar-refractivity contribution in [2.75, 3.05) is 19.1 Å². The molecule has 2 aromatic heterocycles. The van der Waals surface area contributed by atoms with E-state index in [1.54, 1.807) is 24.5 Å². The van der Waals surface area contributed by atoms with Gasteiger partial charge in [0.15, 0.2) is 4.90 Å². The molecule has 156 valence electrons. The second kappa shape index (κ2) is 8.74. The van der Waals surface area contributed by atoms with Gasteiger partial charge in [0.05, 0.1) is 31.9 Å². The second-order valence-electron chi connectivity index (χ2n) is 6.01. The second-order valence-corrected chi connectivity index (χ2v) is 7.93. The number of urea groups is 1. The third kappa shape index (κ3) is 4.30. The average Bonchev–Trinajstić information content (AvgIpc) is 2.77. The van der Waals surface area contributed by atoms with Gasteiger partial charge in [0.25, 0.3) is 0 Å². The molecule has 3 rings (SSSR count). The molecule has 0 saturated carbocycles. The van der Waals surface area contributed by atoms with Gasteiger partial charge in [0.2, 0.25) is 15.7 Å². The molecular formula is C19H19N5O5S. The highest BCUT2D eigenvalue weighted by atomic mass is 32.2. The van der Waals surface area contributed by atoms with E-state index < -0.39 is 15.9 Å². The van der Waals surface area contributed by atoms with Crippen LogP contribution in [0.15, 0.2) is 64.8 Å². The largest absolute Gasteiger partial charge is 0.480 e. The Morgan fingerprint density at radius 3 is 2.40 bits per heavy atom. The lowest BCUT2D eigenvalue weighted by molar-refractivity contribution is 0.253. The molecule has 0 radical (unpaired) electrons. The monoisotopic (exact) mass is 429 g/mol. The molecule has 30 heavy (non-hydrogen) atoms. The Labute approximate surface area is 173 Å². The number of hydrogen-bond donors (Lipinski definition) is 1. The lowest BCUT2D eigenvalue weighted by Crippen LogP contribution is -2.35. The van der Waals surface area contributed by atoms with Crippen LogP contribution in [0.1, 0.15) is 5.56 Å². The van der Waals surface area contributed by atoms with Gasteiger partial charge in [0.1, 0.15) is 0 Å². The van der Waals surface area contributed by atoms with Crippen molar-refractivity contribution in [1.82, 2.24) is 15.0 Å². The summed E-state index contributed by atoms with van der Waals surface area (Å²) in [6.07, 6.45) is 4.35. The van der Waals surface area contributed by atoms with E-state index in [2.05, 4.69) is 15.0 Å². The predicted molar refractivity (Wildman–Crippen MR) is 107 cm³/mol. The van der Waals surface area contributed by atoms with Crippen LogP contribution >= 0.6 is 0 Å². The number of nitrogens with zero attached hydrogens (tertiary/aromatic N) is 4. The van der Waals surface area contributed by atoms with Gasteiger partial charge in [-0.3, -0.25) is 9.88 Å². The number of benzene rings is 1. The Balaban J connectivity index is 1.93. The number of rotatable bonds is 7. The molecule has 10 nitrogen and oxygen atoms in total. The number of carbonyl (C=O) groups excluding carboxylic acids is 1. The Morgan fingerprint density at radius 2 is 1.83 bits per heavy atom. The Hall–Kier alpha value is -3.73. The van der Waals surface area contributed by atoms with E-state index in [4.69, 9.17) is 15.2 Å². The number of sulfone groups is 1. The molecule has 2 heterocycles. The van der Waals surface area contributed by atoms with E-state index in [1.807, 2.05) is 0 Å². The van der Waals surface area contributed by atoms with Crippen LogP contribution in [-0.2, 0) is 16.4 Å². The minimum absolute atomic E-state index is 0.0198. The van der Waals surface area contributed by atoms with Crippen molar-refractivity contribution in [2.24, 2.45) is 5.73 Å². The summed E-state index contributed by atoms with van der Waals surface area (Å²) in [4.78, 5) is 24.8. The number of carbonyl (C=O) groups is 1. The van der Waals surface area contributed by atoms with Gasteiger partial charge in [0, 0.05) is 18.1 Å². The van der Waals surface area contributed by atoms with Gasteiger partial charge in [-0.25, -0.2) is 18.2 Å². The first-order valence-electron chi connectivity index (χ1n) is 8.63. The van der Waals surface area contributed by atoms with E-state index in [-0.39, 0.29) is 28.2 Å². The minimum Gasteiger partial charge on any atom is -0.480 e. The van der Waals surface area contributed by atoms with Crippen LogP contribution in [-0.4, -0.2) is 43.6 Å². The van der Waals surface area contributed by atoms with Crippen LogP contribution < -0.4 is 20.1 Å². The average molecular weight is 429 g/mol. The van der Waals surface area contributed by atoms with Crippen molar-refractivity contribution < 1.29 is 22.7 Å². The Morgan fingerprint density at radius 1 is 1.10 bits per heavy atom. The van der Waals surface area contributed by atoms with Gasteiger partial charge < -0.3 is 15.2 Å². The SMILES string of the molecule is COc1ncc(S(=O)(=O)c2ccc(N(Cc3cccnc3)C(N)=O)cc2)c(OC)n1. The highest BCUT2D eigenvalue weighted by Crippen LogP contribution is 2.29. The van der Waals surface area contributed by atoms with Crippen LogP contribution in [0.2, 0.25) is 0 Å². The summed E-state index contributed by atoms with van der Waals surface area (Å²) in [5.74, 6) is -0.138. The van der Waals surface area contributed by atoms with Gasteiger partial charge >= 0.3 is 12.0 Å². The van der Waals surface area contributed by atoms with E-state index in [9.17, 15) is 13.2 Å². The first kappa shape index (κ1) is 21.0. The van der Waals surface area contributed by atoms with E-state index in [1.165, 1.54) is 43.4 Å². The number of aromatic nitrogens is 3. The Kier molecular flexibility index (Phi) is 6.11. The summed E-state index contributed by atoms with van der Waals surface area (Å²) < 4.78 is 36.0. The summed E-state index contributed by atoms with van der Waals surface area (Å²) in [7, 11) is -1.32. The molecule has 3 aromatic rings. The zero-order chi connectivity index (χ0) is 21.7. The standard InChI is InChI=1S/C19H19N5O5S/c1-28-17-16(11-22-19(23-17)29-2)30(26,27)15-7-5-14(6-8-15)24(18(20)25)12-13-4-3-9-21-10-13/h3-11H,12H2,1-2H3,(H2,20,25). The number of hydrogen-bond acceptors (Lipinski definition) is 8. The summed E-state index contributed by atoms with van der Waals surface area (Å²) in [5, 5.41) is 0. The zero-order valence-electron chi connectivity index (χ0n) is 16.2. The van der Waals surface area contributed by atoms with E-state index >= 15 is 0 Å². The lowest BCUT2D eigenvalue weighted by atomic mass is 10.2. The fraction of sp³-hybridized carbons (Fsp3) is 0.158. The lowest BCUT2D eigenvalue weighted by Gasteiger charge is -2.20. The van der Waals surface area contributed by atoms with Crippen molar-refractivity contribution in [1.29, 1.82) is 0 Å². The summed E-state index contributed by atoms with van der Waals surface area (Å²) in [6.45, 7) is 0.190. The molecule has 11 heteroatoms. The molecule has 0 unspecified atom stereocenters. The number of nitrogens with two attached hydrogens (primary N) is 1. The summed E-state index contributed by atoms with van der Waals surface area (Å²) >= 11 is 0. The van der Waals surface area contributed by atoms with Crippen molar-refractivity contribution in [3.8, 4) is 11.9 Å². The summed E-state index contributed by atoms with van der Waals surface area (Å²) in [5.41, 5.74) is 6.71. The quantitative estimate of drug-likeness (QED) is 0.600. The van der Waals surface area contributed by atoms with Crippen LogP contribution in [0.3, 0.4) is 0 Å². The van der Waals surface area contributed by atoms with Crippen LogP contribution in [0.4, 0.5) is 10.5 Å². The predicted octanol–water partition coefficient (Wildman–Crippen LogP) is 1.81. The zero-order valence-corrected chi connectivity index (χ0v) is 17.0. The third-order valence-corrected chi connectivity index (χ3v) is 5.91. The van der Waals surface area contributed by atoms with Crippen LogP contribution in [0.25, 0.3) is 0 Å². The first-order valence-corrected chi connectivity index (χ1v) is 10.1. The topological polar surface area (TPSA) is 138 Å². The van der Waals surface area contributed by atoms with Crippen molar-refractivity contribution in [2.45, 2.75) is 16.3 Å². The maximum Gasteiger partial charge on any atom is 0.319 e. The number of anilines is 1. The van der Waals surface area contributed by atoms with Crippen molar-refractivity contribution in [3.05, 3.63) is 60.6 Å². The van der Waals surface area contributed by atoms with E-state index in [0.717, 1.165) is 11.8 Å². The molecular weight excluding hydrogens is 410 g/mol. The number of methoxy groups -OCH3 is 2. The normalized spacial score (nSPS) is 11.0. The molecule has 2 N–H and O–H groups in total. The van der Waals surface area contributed by atoms with Crippen LogP contribution in [0, 0.1) is 0 Å². The van der Waals surface area contributed by atoms with Crippen molar-refractivity contribution >= 4 is 21.6 Å². The highest BCUT2D eigenvalue weighted by molar-refractivity contribution is 7.91. The van der Waals surface area contributed by atoms with Gasteiger partial charge in [-0.1, -0.05) is 6.07 Å². The maximum absolute atomic E-state index is 13.0. The van der Waals surface area contributed by atoms with Crippen LogP contribution in [0.5, 0.6) is 11.9 Å². The third-order valence-electron chi connectivity index (χ3n) is 4.15. The Bertz CT molecular complexity index is 1140. The number of primary amides is 1. The first-order chi connectivity index (χ1) is 14.4. The maximum atomic E-state index is 13.0. The molecule has 0 saturated heterocycles. The van der Waals surface area contributed by atoms with Crippen molar-refractivity contribution in [3.63, 3.8) is 0 Å². The molecule has 0 aliphatic carbocycles. The van der Waals surface area contributed by atoms with Gasteiger partial charge in [-0.2, -0.15) is 4.98 Å². The molecule has 0 aliphatic heterocycles. The number of pyridine rings is 1. The van der Waals surface area contributed by atoms with Gasteiger partial charge in [-0.15, -0.1) is 0 Å². The number of amides is 2. The minimum atomic E-state index is -3.98. The molecule has 0 fully saturated rings. The highest BCUT2D eigenvalue weighted by Gasteiger charge is 2.25.